The van der Waals surface area contributed by atoms with Crippen LogP contribution in [-0.4, -0.2) is 45.9 Å². The summed E-state index contributed by atoms with van der Waals surface area (Å²) >= 11 is 13.6. The van der Waals surface area contributed by atoms with Crippen LogP contribution in [0.15, 0.2) is 53.5 Å². The largest absolute Gasteiger partial charge is 0.492 e. The van der Waals surface area contributed by atoms with Gasteiger partial charge in [-0.3, -0.25) is 10.1 Å². The van der Waals surface area contributed by atoms with E-state index in [0.717, 1.165) is 11.8 Å². The first-order valence-electron chi connectivity index (χ1n) is 10.4. The third-order valence-corrected chi connectivity index (χ3v) is 5.61. The van der Waals surface area contributed by atoms with Crippen molar-refractivity contribution in [3.8, 4) is 22.7 Å². The predicted molar refractivity (Wildman–Crippen MR) is 140 cm³/mol. The number of aromatic nitrogens is 2. The minimum Gasteiger partial charge on any atom is -0.492 e. The lowest BCUT2D eigenvalue weighted by Crippen LogP contribution is -2.31. The van der Waals surface area contributed by atoms with Gasteiger partial charge in [0.2, 0.25) is 0 Å². The molecule has 3 rings (SSSR count). The van der Waals surface area contributed by atoms with Crippen LogP contribution in [0.3, 0.4) is 0 Å². The molecule has 0 aliphatic heterocycles. The van der Waals surface area contributed by atoms with Crippen molar-refractivity contribution in [2.24, 2.45) is 4.99 Å². The average Bonchev–Trinajstić information content (AvgIpc) is 3.17. The summed E-state index contributed by atoms with van der Waals surface area (Å²) in [4.78, 5) is 29.2. The van der Waals surface area contributed by atoms with Crippen molar-refractivity contribution >= 4 is 52.1 Å². The zero-order valence-electron chi connectivity index (χ0n) is 19.8. The van der Waals surface area contributed by atoms with Crippen LogP contribution in [0.2, 0.25) is 10.0 Å². The van der Waals surface area contributed by atoms with E-state index in [4.69, 9.17) is 32.7 Å². The number of methoxy groups -OCH3 is 1. The Morgan fingerprint density at radius 2 is 1.74 bits per heavy atom. The van der Waals surface area contributed by atoms with Gasteiger partial charge in [0.1, 0.15) is 11.3 Å². The molecule has 1 aromatic heterocycles. The van der Waals surface area contributed by atoms with Crippen molar-refractivity contribution in [3.05, 3.63) is 64.3 Å². The lowest BCUT2D eigenvalue weighted by atomic mass is 10.1. The van der Waals surface area contributed by atoms with Crippen LogP contribution in [0.25, 0.3) is 16.9 Å². The van der Waals surface area contributed by atoms with Crippen LogP contribution < -0.4 is 10.1 Å². The molecule has 0 atom stereocenters. The number of ether oxygens (including phenoxy) is 2. The maximum atomic E-state index is 13.3. The Kier molecular flexibility index (Phi) is 8.47. The van der Waals surface area contributed by atoms with E-state index in [0.29, 0.717) is 27.0 Å². The van der Waals surface area contributed by atoms with Crippen LogP contribution in [0.4, 0.5) is 4.79 Å². The van der Waals surface area contributed by atoms with Gasteiger partial charge in [-0.05, 0) is 51.3 Å². The summed E-state index contributed by atoms with van der Waals surface area (Å²) in [5, 5.41) is 8.15. The number of carbonyl (C=O) groups excluding carboxylic acids is 2. The molecule has 1 heterocycles. The van der Waals surface area contributed by atoms with Gasteiger partial charge < -0.3 is 9.47 Å². The molecule has 0 bridgehead atoms. The van der Waals surface area contributed by atoms with E-state index in [1.165, 1.54) is 11.8 Å². The van der Waals surface area contributed by atoms with Gasteiger partial charge in [-0.2, -0.15) is 10.1 Å². The number of benzene rings is 2. The molecule has 2 aromatic carbocycles. The molecule has 11 heteroatoms. The molecule has 2 amide bonds. The highest BCUT2D eigenvalue weighted by molar-refractivity contribution is 8.13. The first-order chi connectivity index (χ1) is 16.5. The Bertz CT molecular complexity index is 1270. The molecule has 0 radical (unpaired) electrons. The second-order valence-corrected chi connectivity index (χ2v) is 9.79. The normalized spacial score (nSPS) is 11.8. The maximum absolute atomic E-state index is 13.3. The number of carbonyl (C=O) groups is 2. The summed E-state index contributed by atoms with van der Waals surface area (Å²) in [6.07, 6.45) is 0.847. The van der Waals surface area contributed by atoms with E-state index in [-0.39, 0.29) is 16.6 Å². The van der Waals surface area contributed by atoms with Crippen molar-refractivity contribution in [3.63, 3.8) is 0 Å². The number of amidine groups is 1. The summed E-state index contributed by atoms with van der Waals surface area (Å²) in [7, 11) is 1.44. The van der Waals surface area contributed by atoms with Crippen molar-refractivity contribution < 1.29 is 19.1 Å². The Hall–Kier alpha value is -3.01. The van der Waals surface area contributed by atoms with Gasteiger partial charge in [-0.15, -0.1) is 0 Å². The molecule has 0 unspecified atom stereocenters. The Labute approximate surface area is 217 Å². The third-order valence-electron chi connectivity index (χ3n) is 4.46. The van der Waals surface area contributed by atoms with E-state index in [9.17, 15) is 9.59 Å². The van der Waals surface area contributed by atoms with Crippen LogP contribution in [0.1, 0.15) is 31.3 Å². The van der Waals surface area contributed by atoms with Gasteiger partial charge in [-0.25, -0.2) is 9.48 Å². The lowest BCUT2D eigenvalue weighted by molar-refractivity contribution is 0.0604. The molecule has 0 spiro atoms. The zero-order valence-corrected chi connectivity index (χ0v) is 22.1. The zero-order chi connectivity index (χ0) is 25.8. The third kappa shape index (κ3) is 6.56. The van der Waals surface area contributed by atoms with E-state index >= 15 is 0 Å². The Balaban J connectivity index is 2.09. The van der Waals surface area contributed by atoms with Gasteiger partial charge in [-0.1, -0.05) is 59.2 Å². The second kappa shape index (κ2) is 11.2. The lowest BCUT2D eigenvalue weighted by Gasteiger charge is -2.17. The molecule has 0 aliphatic rings. The summed E-state index contributed by atoms with van der Waals surface area (Å²) in [6.45, 7) is 5.17. The fourth-order valence-electron chi connectivity index (χ4n) is 3.05. The SMILES string of the molecule is COc1c(C(=O)NC(=NC(=O)OC(C)(C)C)SC)nn(-c2ccccc2Cl)c1-c1ccc(Cl)cc1. The topological polar surface area (TPSA) is 94.8 Å². The number of aliphatic imine (C=N–C) groups is 1. The number of nitrogens with one attached hydrogen (secondary N) is 1. The fourth-order valence-corrected chi connectivity index (χ4v) is 3.76. The molecular formula is C24H24Cl2N4O4S. The standard InChI is InChI=1S/C24H24Cl2N4O4S/c1-24(2,3)34-23(32)28-22(35-5)27-21(31)18-20(33-4)19(14-10-12-15(25)13-11-14)30(29-18)17-9-7-6-8-16(17)26/h6-13H,1-5H3,(H,27,28,31,32). The Morgan fingerprint density at radius 1 is 1.09 bits per heavy atom. The maximum Gasteiger partial charge on any atom is 0.436 e. The van der Waals surface area contributed by atoms with Crippen LogP contribution in [0.5, 0.6) is 5.75 Å². The smallest absolute Gasteiger partial charge is 0.436 e. The summed E-state index contributed by atoms with van der Waals surface area (Å²) in [5.41, 5.74) is 0.994. The average molecular weight is 535 g/mol. The first kappa shape index (κ1) is 26.6. The first-order valence-corrected chi connectivity index (χ1v) is 12.4. The number of nitrogens with zero attached hydrogens (tertiary/aromatic N) is 3. The van der Waals surface area contributed by atoms with Gasteiger partial charge in [0, 0.05) is 10.6 Å². The molecule has 0 aliphatic carbocycles. The molecule has 0 saturated carbocycles. The molecule has 3 aromatic rings. The van der Waals surface area contributed by atoms with Crippen LogP contribution >= 0.6 is 35.0 Å². The van der Waals surface area contributed by atoms with Crippen molar-refractivity contribution in [1.29, 1.82) is 0 Å². The van der Waals surface area contributed by atoms with E-state index in [1.54, 1.807) is 75.6 Å². The highest BCUT2D eigenvalue weighted by atomic mass is 35.5. The fraction of sp³-hybridized carbons (Fsp3) is 0.250. The molecule has 35 heavy (non-hydrogen) atoms. The van der Waals surface area contributed by atoms with Crippen molar-refractivity contribution in [2.75, 3.05) is 13.4 Å². The highest BCUT2D eigenvalue weighted by Crippen LogP contribution is 2.37. The van der Waals surface area contributed by atoms with E-state index < -0.39 is 17.6 Å². The summed E-state index contributed by atoms with van der Waals surface area (Å²) in [5.74, 6) is -0.415. The van der Waals surface area contributed by atoms with Gasteiger partial charge >= 0.3 is 6.09 Å². The van der Waals surface area contributed by atoms with Gasteiger partial charge in [0.05, 0.1) is 17.8 Å². The number of para-hydroxylation sites is 1. The molecule has 1 N–H and O–H groups in total. The number of halogens is 2. The monoisotopic (exact) mass is 534 g/mol. The predicted octanol–water partition coefficient (Wildman–Crippen LogP) is 6.24. The summed E-state index contributed by atoms with van der Waals surface area (Å²) < 4.78 is 12.4. The minimum atomic E-state index is -0.822. The van der Waals surface area contributed by atoms with Crippen LogP contribution in [0, 0.1) is 0 Å². The molecule has 8 nitrogen and oxygen atoms in total. The molecular weight excluding hydrogens is 511 g/mol. The highest BCUT2D eigenvalue weighted by Gasteiger charge is 2.28. The number of hydrogen-bond donors (Lipinski definition) is 1. The number of amides is 2. The minimum absolute atomic E-state index is 0.0247. The van der Waals surface area contributed by atoms with Gasteiger partial charge in [0.15, 0.2) is 16.6 Å². The Morgan fingerprint density at radius 3 is 2.31 bits per heavy atom. The second-order valence-electron chi connectivity index (χ2n) is 8.16. The molecule has 184 valence electrons. The van der Waals surface area contributed by atoms with Gasteiger partial charge in [0.25, 0.3) is 5.91 Å². The molecule has 0 saturated heterocycles. The number of hydrogen-bond acceptors (Lipinski definition) is 6. The summed E-state index contributed by atoms with van der Waals surface area (Å²) in [6, 6.07) is 14.1. The van der Waals surface area contributed by atoms with Crippen molar-refractivity contribution in [2.45, 2.75) is 26.4 Å². The van der Waals surface area contributed by atoms with Crippen molar-refractivity contribution in [1.82, 2.24) is 15.1 Å². The van der Waals surface area contributed by atoms with E-state index in [1.807, 2.05) is 0 Å². The van der Waals surface area contributed by atoms with Crippen LogP contribution in [-0.2, 0) is 4.74 Å². The molecule has 0 fully saturated rings. The van der Waals surface area contributed by atoms with E-state index in [2.05, 4.69) is 15.4 Å². The quantitative estimate of drug-likeness (QED) is 0.314. The number of thioether (sulfide) groups is 1. The number of rotatable bonds is 4.